The van der Waals surface area contributed by atoms with Gasteiger partial charge in [-0.1, -0.05) is 11.6 Å². The number of fused-ring (bicyclic) bond motifs is 1. The lowest BCUT2D eigenvalue weighted by atomic mass is 10.1. The zero-order valence-corrected chi connectivity index (χ0v) is 13.6. The molecule has 4 nitrogen and oxygen atoms in total. The number of nitrogens with one attached hydrogen (secondary N) is 2. The average molecular weight is 320 g/mol. The first kappa shape index (κ1) is 15.4. The number of hydrogen-bond donors (Lipinski definition) is 2. The molecular weight excluding hydrogens is 298 g/mol. The molecule has 1 saturated heterocycles. The highest BCUT2D eigenvalue weighted by atomic mass is 35.5. The second kappa shape index (κ2) is 6.71. The minimum absolute atomic E-state index is 0.0620. The van der Waals surface area contributed by atoms with Crippen molar-refractivity contribution in [3.63, 3.8) is 0 Å². The van der Waals surface area contributed by atoms with E-state index in [1.54, 1.807) is 0 Å². The van der Waals surface area contributed by atoms with Gasteiger partial charge >= 0.3 is 0 Å². The van der Waals surface area contributed by atoms with Gasteiger partial charge in [0.1, 0.15) is 0 Å². The van der Waals surface area contributed by atoms with E-state index in [-0.39, 0.29) is 5.91 Å². The van der Waals surface area contributed by atoms with E-state index in [4.69, 9.17) is 11.6 Å². The van der Waals surface area contributed by atoms with Crippen LogP contribution in [0.25, 0.3) is 10.9 Å². The Hall–Kier alpha value is -1.52. The summed E-state index contributed by atoms with van der Waals surface area (Å²) in [5, 5.41) is 4.76. The summed E-state index contributed by atoms with van der Waals surface area (Å²) in [6, 6.07) is 6.10. The van der Waals surface area contributed by atoms with Gasteiger partial charge in [0.05, 0.1) is 6.42 Å². The molecule has 1 aromatic heterocycles. The first-order valence-electron chi connectivity index (χ1n) is 7.90. The number of carbonyl (C=O) groups excluding carboxylic acids is 1. The fourth-order valence-electron chi connectivity index (χ4n) is 3.11. The van der Waals surface area contributed by atoms with Crippen LogP contribution in [0.2, 0.25) is 5.02 Å². The predicted octanol–water partition coefficient (Wildman–Crippen LogP) is 2.96. The summed E-state index contributed by atoms with van der Waals surface area (Å²) in [6.45, 7) is 5.19. The van der Waals surface area contributed by atoms with Gasteiger partial charge in [-0.25, -0.2) is 0 Å². The van der Waals surface area contributed by atoms with Crippen molar-refractivity contribution >= 4 is 28.4 Å². The van der Waals surface area contributed by atoms with Crippen LogP contribution in [0.3, 0.4) is 0 Å². The minimum Gasteiger partial charge on any atom is -0.361 e. The Labute approximate surface area is 135 Å². The molecule has 0 radical (unpaired) electrons. The molecule has 118 valence electrons. The smallest absolute Gasteiger partial charge is 0.224 e. The van der Waals surface area contributed by atoms with Crippen molar-refractivity contribution < 1.29 is 4.79 Å². The molecule has 1 fully saturated rings. The fourth-order valence-corrected chi connectivity index (χ4v) is 3.28. The number of rotatable bonds is 5. The number of carbonyl (C=O) groups is 1. The van der Waals surface area contributed by atoms with Gasteiger partial charge in [0, 0.05) is 34.7 Å². The number of likely N-dealkylation sites (tertiary alicyclic amines) is 1. The summed E-state index contributed by atoms with van der Waals surface area (Å²) >= 11 is 6.04. The van der Waals surface area contributed by atoms with Crippen molar-refractivity contribution in [1.82, 2.24) is 15.2 Å². The third-order valence-electron chi connectivity index (χ3n) is 4.44. The van der Waals surface area contributed by atoms with Crippen molar-refractivity contribution in [3.8, 4) is 0 Å². The van der Waals surface area contributed by atoms with Crippen LogP contribution in [0.15, 0.2) is 24.4 Å². The number of H-pyrrole nitrogens is 1. The quantitative estimate of drug-likeness (QED) is 0.890. The topological polar surface area (TPSA) is 48.1 Å². The maximum absolute atomic E-state index is 12.2. The summed E-state index contributed by atoms with van der Waals surface area (Å²) in [5.74, 6) is 0.0620. The van der Waals surface area contributed by atoms with Crippen molar-refractivity contribution in [2.24, 2.45) is 0 Å². The molecule has 1 amide bonds. The lowest BCUT2D eigenvalue weighted by Gasteiger charge is -2.23. The van der Waals surface area contributed by atoms with E-state index in [1.807, 2.05) is 24.4 Å². The second-order valence-electron chi connectivity index (χ2n) is 6.08. The number of halogens is 1. The van der Waals surface area contributed by atoms with E-state index in [1.165, 1.54) is 12.8 Å². The Morgan fingerprint density at radius 2 is 2.18 bits per heavy atom. The van der Waals surface area contributed by atoms with Crippen LogP contribution in [0.5, 0.6) is 0 Å². The number of nitrogens with zero attached hydrogens (tertiary/aromatic N) is 1. The maximum Gasteiger partial charge on any atom is 0.224 e. The first-order valence-corrected chi connectivity index (χ1v) is 8.27. The molecule has 0 aliphatic carbocycles. The Bertz CT molecular complexity index is 661. The molecule has 1 aliphatic heterocycles. The third-order valence-corrected chi connectivity index (χ3v) is 4.67. The van der Waals surface area contributed by atoms with Gasteiger partial charge in [0.25, 0.3) is 0 Å². The largest absolute Gasteiger partial charge is 0.361 e. The van der Waals surface area contributed by atoms with E-state index in [9.17, 15) is 4.79 Å². The van der Waals surface area contributed by atoms with E-state index < -0.39 is 0 Å². The number of aromatic amines is 1. The number of amides is 1. The molecule has 2 N–H and O–H groups in total. The van der Waals surface area contributed by atoms with E-state index in [2.05, 4.69) is 22.1 Å². The molecule has 1 aromatic carbocycles. The maximum atomic E-state index is 12.2. The van der Waals surface area contributed by atoms with Crippen molar-refractivity contribution in [2.75, 3.05) is 19.6 Å². The third kappa shape index (κ3) is 3.45. The Kier molecular flexibility index (Phi) is 4.69. The van der Waals surface area contributed by atoms with Gasteiger partial charge in [-0.15, -0.1) is 0 Å². The highest BCUT2D eigenvalue weighted by Crippen LogP contribution is 2.22. The van der Waals surface area contributed by atoms with Gasteiger partial charge in [0.2, 0.25) is 5.91 Å². The van der Waals surface area contributed by atoms with Crippen LogP contribution in [-0.2, 0) is 11.2 Å². The van der Waals surface area contributed by atoms with Gasteiger partial charge < -0.3 is 10.3 Å². The van der Waals surface area contributed by atoms with Gasteiger partial charge in [-0.3, -0.25) is 9.69 Å². The Morgan fingerprint density at radius 1 is 1.41 bits per heavy atom. The highest BCUT2D eigenvalue weighted by Gasteiger charge is 2.18. The summed E-state index contributed by atoms with van der Waals surface area (Å²) < 4.78 is 0. The second-order valence-corrected chi connectivity index (χ2v) is 6.51. The molecule has 5 heteroatoms. The van der Waals surface area contributed by atoms with Gasteiger partial charge in [-0.2, -0.15) is 0 Å². The Morgan fingerprint density at radius 3 is 2.95 bits per heavy atom. The van der Waals surface area contributed by atoms with Crippen LogP contribution in [0.1, 0.15) is 25.3 Å². The molecule has 3 rings (SSSR count). The highest BCUT2D eigenvalue weighted by molar-refractivity contribution is 6.31. The number of aromatic nitrogens is 1. The molecule has 1 unspecified atom stereocenters. The lowest BCUT2D eigenvalue weighted by molar-refractivity contribution is -0.120. The van der Waals surface area contributed by atoms with Crippen LogP contribution >= 0.6 is 11.6 Å². The Balaban J connectivity index is 1.57. The molecule has 22 heavy (non-hydrogen) atoms. The molecule has 2 aromatic rings. The van der Waals surface area contributed by atoms with Crippen molar-refractivity contribution in [2.45, 2.75) is 32.2 Å². The fraction of sp³-hybridized carbons (Fsp3) is 0.471. The lowest BCUT2D eigenvalue weighted by Crippen LogP contribution is -2.41. The molecule has 0 spiro atoms. The van der Waals surface area contributed by atoms with Crippen molar-refractivity contribution in [1.29, 1.82) is 0 Å². The van der Waals surface area contributed by atoms with E-state index >= 15 is 0 Å². The van der Waals surface area contributed by atoms with Crippen LogP contribution < -0.4 is 5.32 Å². The zero-order chi connectivity index (χ0) is 15.5. The van der Waals surface area contributed by atoms with Gasteiger partial charge in [-0.05, 0) is 56.6 Å². The van der Waals surface area contributed by atoms with E-state index in [0.717, 1.165) is 29.6 Å². The molecule has 0 saturated carbocycles. The number of benzene rings is 1. The van der Waals surface area contributed by atoms with Gasteiger partial charge in [0.15, 0.2) is 0 Å². The van der Waals surface area contributed by atoms with Crippen LogP contribution in [-0.4, -0.2) is 41.5 Å². The molecule has 1 atom stereocenters. The molecule has 1 aliphatic rings. The normalized spacial score (nSPS) is 17.0. The molecule has 2 heterocycles. The predicted molar refractivity (Wildman–Crippen MR) is 90.3 cm³/mol. The van der Waals surface area contributed by atoms with Crippen molar-refractivity contribution in [3.05, 3.63) is 35.0 Å². The summed E-state index contributed by atoms with van der Waals surface area (Å²) in [7, 11) is 0. The number of hydrogen-bond acceptors (Lipinski definition) is 2. The first-order chi connectivity index (χ1) is 10.6. The molecule has 0 bridgehead atoms. The molecular formula is C17H22ClN3O. The van der Waals surface area contributed by atoms with Crippen LogP contribution in [0, 0.1) is 0 Å². The standard InChI is InChI=1S/C17H22ClN3O/c1-12(21-6-2-3-7-21)10-20-17(22)8-13-11-19-16-5-4-14(18)9-15(13)16/h4-5,9,11-12,19H,2-3,6-8,10H2,1H3,(H,20,22). The monoisotopic (exact) mass is 319 g/mol. The zero-order valence-electron chi connectivity index (χ0n) is 12.9. The summed E-state index contributed by atoms with van der Waals surface area (Å²) in [4.78, 5) is 17.8. The minimum atomic E-state index is 0.0620. The SMILES string of the molecule is CC(CNC(=O)Cc1c[nH]c2ccc(Cl)cc12)N1CCCC1. The average Bonchev–Trinajstić information content (AvgIpc) is 3.15. The van der Waals surface area contributed by atoms with E-state index in [0.29, 0.717) is 24.0 Å². The van der Waals surface area contributed by atoms with Crippen LogP contribution in [0.4, 0.5) is 0 Å². The summed E-state index contributed by atoms with van der Waals surface area (Å²) in [6.07, 6.45) is 4.82. The summed E-state index contributed by atoms with van der Waals surface area (Å²) in [5.41, 5.74) is 2.00.